The van der Waals surface area contributed by atoms with Crippen LogP contribution in [0.25, 0.3) is 21.5 Å². The summed E-state index contributed by atoms with van der Waals surface area (Å²) in [5.41, 5.74) is 8.13. The third kappa shape index (κ3) is 2.70. The maximum absolute atomic E-state index is 12.8. The van der Waals surface area contributed by atoms with Crippen LogP contribution < -0.4 is 5.73 Å². The van der Waals surface area contributed by atoms with Crippen molar-refractivity contribution in [2.75, 3.05) is 0 Å². The Labute approximate surface area is 175 Å². The summed E-state index contributed by atoms with van der Waals surface area (Å²) in [4.78, 5) is 12.8. The van der Waals surface area contributed by atoms with Gasteiger partial charge in [-0.15, -0.1) is 0 Å². The molecule has 30 heavy (non-hydrogen) atoms. The van der Waals surface area contributed by atoms with E-state index in [-0.39, 0.29) is 16.9 Å². The quantitative estimate of drug-likeness (QED) is 0.557. The molecule has 0 spiro atoms. The van der Waals surface area contributed by atoms with Crippen molar-refractivity contribution in [3.63, 3.8) is 0 Å². The summed E-state index contributed by atoms with van der Waals surface area (Å²) < 4.78 is 6.47. The fraction of sp³-hybridized carbons (Fsp3) is 0.231. The predicted molar refractivity (Wildman–Crippen MR) is 117 cm³/mol. The summed E-state index contributed by atoms with van der Waals surface area (Å²) in [5.74, 6) is 0.558. The van der Waals surface area contributed by atoms with Gasteiger partial charge in [-0.05, 0) is 33.0 Å². The second-order valence-corrected chi connectivity index (χ2v) is 8.91. The van der Waals surface area contributed by atoms with Gasteiger partial charge in [0.25, 0.3) is 0 Å². The zero-order valence-corrected chi connectivity index (χ0v) is 17.0. The molecule has 1 atom stereocenters. The van der Waals surface area contributed by atoms with Crippen LogP contribution in [0.2, 0.25) is 0 Å². The molecule has 0 saturated heterocycles. The lowest BCUT2D eigenvalue weighted by Crippen LogP contribution is -2.33. The highest BCUT2D eigenvalue weighted by Gasteiger charge is 2.41. The number of ketones is 1. The first kappa shape index (κ1) is 18.4. The SMILES string of the molecule is CC1(C)CC(=O)C2=C(C1)OC(c1c3ccccc3cc3ccccc13)C(C#N)=C2N. The van der Waals surface area contributed by atoms with Crippen molar-refractivity contribution in [3.05, 3.63) is 82.8 Å². The number of carbonyl (C=O) groups excluding carboxylic acids is 1. The Morgan fingerprint density at radius 1 is 1.03 bits per heavy atom. The average molecular weight is 394 g/mol. The van der Waals surface area contributed by atoms with Gasteiger partial charge in [-0.2, -0.15) is 5.26 Å². The van der Waals surface area contributed by atoms with Gasteiger partial charge in [0.05, 0.1) is 16.8 Å². The molecule has 3 aromatic carbocycles. The first-order valence-electron chi connectivity index (χ1n) is 10.1. The van der Waals surface area contributed by atoms with Crippen LogP contribution in [0.3, 0.4) is 0 Å². The number of rotatable bonds is 1. The van der Waals surface area contributed by atoms with E-state index in [1.165, 1.54) is 0 Å². The van der Waals surface area contributed by atoms with E-state index < -0.39 is 6.10 Å². The summed E-state index contributed by atoms with van der Waals surface area (Å²) in [6, 6.07) is 20.6. The van der Waals surface area contributed by atoms with E-state index in [9.17, 15) is 10.1 Å². The Morgan fingerprint density at radius 2 is 1.63 bits per heavy atom. The Bertz CT molecular complexity index is 1280. The van der Waals surface area contributed by atoms with Gasteiger partial charge in [-0.25, -0.2) is 0 Å². The lowest BCUT2D eigenvalue weighted by molar-refractivity contribution is -0.118. The van der Waals surface area contributed by atoms with Crippen LogP contribution in [-0.4, -0.2) is 5.78 Å². The van der Waals surface area contributed by atoms with Crippen LogP contribution in [0, 0.1) is 16.7 Å². The molecule has 0 saturated carbocycles. The Hall–Kier alpha value is -3.58. The third-order valence-corrected chi connectivity index (χ3v) is 6.11. The van der Waals surface area contributed by atoms with Gasteiger partial charge in [-0.1, -0.05) is 62.4 Å². The van der Waals surface area contributed by atoms with Crippen molar-refractivity contribution in [1.82, 2.24) is 0 Å². The van der Waals surface area contributed by atoms with E-state index in [4.69, 9.17) is 10.5 Å². The number of allylic oxidation sites excluding steroid dienone is 2. The van der Waals surface area contributed by atoms with E-state index >= 15 is 0 Å². The van der Waals surface area contributed by atoms with Gasteiger partial charge in [0, 0.05) is 18.4 Å². The molecule has 0 fully saturated rings. The lowest BCUT2D eigenvalue weighted by atomic mass is 9.74. The van der Waals surface area contributed by atoms with Gasteiger partial charge in [0.1, 0.15) is 11.8 Å². The highest BCUT2D eigenvalue weighted by Crippen LogP contribution is 2.48. The second-order valence-electron chi connectivity index (χ2n) is 8.91. The molecule has 5 rings (SSSR count). The largest absolute Gasteiger partial charge is 0.484 e. The Balaban J connectivity index is 1.81. The average Bonchev–Trinajstić information content (AvgIpc) is 2.70. The molecule has 2 aliphatic rings. The first-order chi connectivity index (χ1) is 14.4. The number of hydrogen-bond donors (Lipinski definition) is 1. The van der Waals surface area contributed by atoms with E-state index in [0.29, 0.717) is 29.7 Å². The molecule has 4 nitrogen and oxygen atoms in total. The van der Waals surface area contributed by atoms with Crippen molar-refractivity contribution < 1.29 is 9.53 Å². The van der Waals surface area contributed by atoms with Crippen molar-refractivity contribution in [2.24, 2.45) is 11.1 Å². The van der Waals surface area contributed by atoms with Crippen molar-refractivity contribution in [2.45, 2.75) is 32.8 Å². The number of hydrogen-bond acceptors (Lipinski definition) is 4. The molecule has 0 amide bonds. The fourth-order valence-electron chi connectivity index (χ4n) is 4.80. The van der Waals surface area contributed by atoms with Gasteiger partial charge in [0.15, 0.2) is 11.9 Å². The molecule has 1 heterocycles. The van der Waals surface area contributed by atoms with Crippen LogP contribution >= 0.6 is 0 Å². The number of nitriles is 1. The van der Waals surface area contributed by atoms with Crippen molar-refractivity contribution >= 4 is 27.3 Å². The molecular formula is C26H22N2O2. The highest BCUT2D eigenvalue weighted by atomic mass is 16.5. The number of ether oxygens (including phenoxy) is 1. The van der Waals surface area contributed by atoms with Crippen LogP contribution in [-0.2, 0) is 9.53 Å². The minimum absolute atomic E-state index is 0.0484. The van der Waals surface area contributed by atoms with E-state index in [0.717, 1.165) is 27.1 Å². The van der Waals surface area contributed by atoms with Crippen LogP contribution in [0.1, 0.15) is 38.4 Å². The van der Waals surface area contributed by atoms with Gasteiger partial charge in [-0.3, -0.25) is 4.79 Å². The molecule has 148 valence electrons. The molecule has 0 bridgehead atoms. The molecule has 4 heteroatoms. The number of benzene rings is 3. The highest BCUT2D eigenvalue weighted by molar-refractivity contribution is 6.04. The van der Waals surface area contributed by atoms with Crippen LogP contribution in [0.15, 0.2) is 77.2 Å². The van der Waals surface area contributed by atoms with Gasteiger partial charge >= 0.3 is 0 Å². The third-order valence-electron chi connectivity index (χ3n) is 6.11. The number of fused-ring (bicyclic) bond motifs is 2. The second kappa shape index (κ2) is 6.47. The number of nitrogens with two attached hydrogens (primary N) is 1. The van der Waals surface area contributed by atoms with Gasteiger partial charge in [0.2, 0.25) is 0 Å². The normalized spacial score (nSPS) is 20.8. The topological polar surface area (TPSA) is 76.1 Å². The van der Waals surface area contributed by atoms with Gasteiger partial charge < -0.3 is 10.5 Å². The monoisotopic (exact) mass is 394 g/mol. The minimum atomic E-state index is -0.647. The maximum Gasteiger partial charge on any atom is 0.168 e. The lowest BCUT2D eigenvalue weighted by Gasteiger charge is -2.37. The maximum atomic E-state index is 12.8. The first-order valence-corrected chi connectivity index (χ1v) is 10.1. The number of nitrogens with zero attached hydrogens (tertiary/aromatic N) is 1. The number of Topliss-reactive ketones (excluding diaryl/α,β-unsaturated/α-hetero) is 1. The van der Waals surface area contributed by atoms with E-state index in [1.54, 1.807) is 0 Å². The summed E-state index contributed by atoms with van der Waals surface area (Å²) in [7, 11) is 0. The predicted octanol–water partition coefficient (Wildman–Crippen LogP) is 5.44. The summed E-state index contributed by atoms with van der Waals surface area (Å²) in [5, 5.41) is 14.2. The standard InChI is InChI=1S/C26H22N2O2/c1-26(2)12-20(29)23-21(13-26)30-25(19(14-27)24(23)28)22-17-9-5-3-7-15(17)11-16-8-4-6-10-18(16)22/h3-11,25H,12-13,28H2,1-2H3. The number of carbonyl (C=O) groups is 1. The zero-order valence-electron chi connectivity index (χ0n) is 17.0. The molecule has 0 aromatic heterocycles. The Morgan fingerprint density at radius 3 is 2.23 bits per heavy atom. The van der Waals surface area contributed by atoms with E-state index in [2.05, 4.69) is 38.1 Å². The molecule has 0 radical (unpaired) electrons. The fourth-order valence-corrected chi connectivity index (χ4v) is 4.80. The minimum Gasteiger partial charge on any atom is -0.484 e. The van der Waals surface area contributed by atoms with Crippen molar-refractivity contribution in [1.29, 1.82) is 5.26 Å². The molecule has 1 aliphatic heterocycles. The molecule has 1 aliphatic carbocycles. The van der Waals surface area contributed by atoms with E-state index in [1.807, 2.05) is 36.4 Å². The molecule has 1 unspecified atom stereocenters. The summed E-state index contributed by atoms with van der Waals surface area (Å²) in [6.45, 7) is 4.11. The molecule has 3 aromatic rings. The van der Waals surface area contributed by atoms with Crippen LogP contribution in [0.5, 0.6) is 0 Å². The molecular weight excluding hydrogens is 372 g/mol. The Kier molecular flexibility index (Phi) is 3.98. The van der Waals surface area contributed by atoms with Crippen LogP contribution in [0.4, 0.5) is 0 Å². The van der Waals surface area contributed by atoms with Crippen molar-refractivity contribution in [3.8, 4) is 6.07 Å². The molecule has 2 N–H and O–H groups in total. The summed E-state index contributed by atoms with van der Waals surface area (Å²) >= 11 is 0. The smallest absolute Gasteiger partial charge is 0.168 e. The summed E-state index contributed by atoms with van der Waals surface area (Å²) in [6.07, 6.45) is 0.370. The zero-order chi connectivity index (χ0) is 21.0.